The number of likely N-dealkylation sites (tertiary alicyclic amines) is 1. The van der Waals surface area contributed by atoms with Crippen LogP contribution in [0.1, 0.15) is 53.0 Å². The zero-order chi connectivity index (χ0) is 30.6. The molecule has 232 valence electrons. The van der Waals surface area contributed by atoms with E-state index >= 15 is 0 Å². The number of ether oxygens (including phenoxy) is 2. The number of halogens is 2. The predicted octanol–water partition coefficient (Wildman–Crippen LogP) is 7.55. The van der Waals surface area contributed by atoms with Gasteiger partial charge in [-0.1, -0.05) is 47.5 Å². The standard InChI is InChI=1S/C34H37Cl2N3O4S/c35-26-7-9-30(27(36)18-26)43-21-24-4-1-3-23(16-24)15-22-10-12-38(13-11-22)20-33-37-28-8-6-25(34(40)41)17-29(28)39(33)19-32(44)31-5-2-14-42-31/h1,3-4,6-9,16-18,22,31-32,44H,2,5,10-15,19-21H2,(H,40,41). The molecule has 1 aromatic heterocycles. The Bertz CT molecular complexity index is 1620. The molecule has 6 rings (SSSR count). The van der Waals surface area contributed by atoms with E-state index in [0.29, 0.717) is 34.9 Å². The highest BCUT2D eigenvalue weighted by Crippen LogP contribution is 2.30. The molecule has 10 heteroatoms. The third-order valence-corrected chi connectivity index (χ3v) is 9.74. The quantitative estimate of drug-likeness (QED) is 0.163. The number of aromatic carboxylic acids is 1. The number of carbonyl (C=O) groups is 1. The molecule has 0 radical (unpaired) electrons. The van der Waals surface area contributed by atoms with Crippen molar-refractivity contribution in [2.24, 2.45) is 5.92 Å². The summed E-state index contributed by atoms with van der Waals surface area (Å²) in [7, 11) is 0. The van der Waals surface area contributed by atoms with Crippen LogP contribution in [-0.4, -0.2) is 56.6 Å². The van der Waals surface area contributed by atoms with Crippen LogP contribution in [0.15, 0.2) is 60.7 Å². The zero-order valence-corrected chi connectivity index (χ0v) is 26.9. The number of benzene rings is 3. The Morgan fingerprint density at radius 2 is 1.89 bits per heavy atom. The Hall–Kier alpha value is -2.75. The van der Waals surface area contributed by atoms with Gasteiger partial charge in [-0.15, -0.1) is 0 Å². The molecule has 4 aromatic rings. The summed E-state index contributed by atoms with van der Waals surface area (Å²) >= 11 is 17.2. The number of carboxylic acid groups (broad SMARTS) is 1. The number of fused-ring (bicyclic) bond motifs is 1. The van der Waals surface area contributed by atoms with Crippen molar-refractivity contribution < 1.29 is 19.4 Å². The van der Waals surface area contributed by atoms with Crippen molar-refractivity contribution in [1.82, 2.24) is 14.5 Å². The zero-order valence-electron chi connectivity index (χ0n) is 24.5. The number of hydrogen-bond donors (Lipinski definition) is 2. The van der Waals surface area contributed by atoms with Crippen molar-refractivity contribution in [2.75, 3.05) is 19.7 Å². The molecule has 0 amide bonds. The molecule has 2 aliphatic heterocycles. The second-order valence-electron chi connectivity index (χ2n) is 11.9. The lowest BCUT2D eigenvalue weighted by Crippen LogP contribution is -2.35. The van der Waals surface area contributed by atoms with Crippen molar-refractivity contribution in [3.8, 4) is 5.75 Å². The first-order chi connectivity index (χ1) is 21.3. The maximum Gasteiger partial charge on any atom is 0.335 e. The number of carboxylic acids is 1. The topological polar surface area (TPSA) is 76.8 Å². The van der Waals surface area contributed by atoms with Crippen LogP contribution in [-0.2, 0) is 30.9 Å². The number of imidazole rings is 1. The molecule has 2 fully saturated rings. The van der Waals surface area contributed by atoms with Gasteiger partial charge in [-0.2, -0.15) is 12.6 Å². The fraction of sp³-hybridized carbons (Fsp3) is 0.412. The summed E-state index contributed by atoms with van der Waals surface area (Å²) in [6, 6.07) is 19.0. The highest BCUT2D eigenvalue weighted by molar-refractivity contribution is 7.81. The first-order valence-corrected chi connectivity index (χ1v) is 16.5. The summed E-state index contributed by atoms with van der Waals surface area (Å²) < 4.78 is 14.0. The normalized spacial score (nSPS) is 18.6. The smallest absolute Gasteiger partial charge is 0.335 e. The van der Waals surface area contributed by atoms with Crippen LogP contribution in [0.3, 0.4) is 0 Å². The number of piperidine rings is 1. The van der Waals surface area contributed by atoms with Gasteiger partial charge in [-0.25, -0.2) is 9.78 Å². The molecule has 0 bridgehead atoms. The van der Waals surface area contributed by atoms with Gasteiger partial charge in [0.05, 0.1) is 34.3 Å². The SMILES string of the molecule is O=C(O)c1ccc2nc(CN3CCC(Cc4cccc(COc5ccc(Cl)cc5Cl)c4)CC3)n(CC(S)C3CCCO3)c2c1. The molecular formula is C34H37Cl2N3O4S. The third kappa shape index (κ3) is 7.54. The summed E-state index contributed by atoms with van der Waals surface area (Å²) in [6.07, 6.45) is 5.39. The summed E-state index contributed by atoms with van der Waals surface area (Å²) in [5, 5.41) is 10.7. The van der Waals surface area contributed by atoms with Crippen LogP contribution in [0.4, 0.5) is 0 Å². The Kier molecular flexibility index (Phi) is 10.0. The van der Waals surface area contributed by atoms with Gasteiger partial charge < -0.3 is 19.1 Å². The van der Waals surface area contributed by atoms with Gasteiger partial charge in [-0.3, -0.25) is 4.90 Å². The Balaban J connectivity index is 1.08. The van der Waals surface area contributed by atoms with Crippen LogP contribution in [0.25, 0.3) is 11.0 Å². The van der Waals surface area contributed by atoms with E-state index in [4.69, 9.17) is 50.3 Å². The van der Waals surface area contributed by atoms with Crippen LogP contribution in [0, 0.1) is 5.92 Å². The van der Waals surface area contributed by atoms with Crippen LogP contribution >= 0.6 is 35.8 Å². The Morgan fingerprint density at radius 3 is 2.64 bits per heavy atom. The van der Waals surface area contributed by atoms with Crippen LogP contribution < -0.4 is 4.74 Å². The van der Waals surface area contributed by atoms with E-state index in [9.17, 15) is 9.90 Å². The second kappa shape index (κ2) is 14.1. The van der Waals surface area contributed by atoms with Crippen molar-refractivity contribution in [2.45, 2.75) is 63.2 Å². The molecule has 0 aliphatic carbocycles. The van der Waals surface area contributed by atoms with Crippen molar-refractivity contribution >= 4 is 52.8 Å². The first-order valence-electron chi connectivity index (χ1n) is 15.2. The first kappa shape index (κ1) is 31.2. The van der Waals surface area contributed by atoms with E-state index < -0.39 is 5.97 Å². The van der Waals surface area contributed by atoms with E-state index in [0.717, 1.165) is 80.8 Å². The molecule has 44 heavy (non-hydrogen) atoms. The fourth-order valence-electron chi connectivity index (χ4n) is 6.32. The van der Waals surface area contributed by atoms with Gasteiger partial charge in [0.25, 0.3) is 0 Å². The molecule has 2 unspecified atom stereocenters. The fourth-order valence-corrected chi connectivity index (χ4v) is 7.18. The minimum absolute atomic E-state index is 0.0113. The molecule has 0 spiro atoms. The molecule has 0 saturated carbocycles. The summed E-state index contributed by atoms with van der Waals surface area (Å²) in [5.74, 6) is 1.24. The summed E-state index contributed by atoms with van der Waals surface area (Å²) in [5.41, 5.74) is 4.35. The maximum atomic E-state index is 11.7. The van der Waals surface area contributed by atoms with E-state index in [-0.39, 0.29) is 16.9 Å². The second-order valence-corrected chi connectivity index (χ2v) is 13.4. The van der Waals surface area contributed by atoms with Gasteiger partial charge in [-0.05, 0) is 98.6 Å². The van der Waals surface area contributed by atoms with Crippen molar-refractivity contribution in [3.05, 3.63) is 93.2 Å². The average Bonchev–Trinajstić information content (AvgIpc) is 3.67. The highest BCUT2D eigenvalue weighted by Gasteiger charge is 2.27. The third-order valence-electron chi connectivity index (χ3n) is 8.71. The van der Waals surface area contributed by atoms with Crippen molar-refractivity contribution in [3.63, 3.8) is 0 Å². The monoisotopic (exact) mass is 653 g/mol. The molecule has 2 atom stereocenters. The van der Waals surface area contributed by atoms with E-state index in [2.05, 4.69) is 33.7 Å². The van der Waals surface area contributed by atoms with Gasteiger partial charge in [0.15, 0.2) is 0 Å². The minimum Gasteiger partial charge on any atom is -0.487 e. The van der Waals surface area contributed by atoms with Gasteiger partial charge in [0.2, 0.25) is 0 Å². The molecule has 2 aliphatic rings. The largest absolute Gasteiger partial charge is 0.487 e. The molecule has 2 saturated heterocycles. The van der Waals surface area contributed by atoms with E-state index in [1.165, 1.54) is 5.56 Å². The average molecular weight is 655 g/mol. The van der Waals surface area contributed by atoms with Gasteiger partial charge >= 0.3 is 5.97 Å². The number of hydrogen-bond acceptors (Lipinski definition) is 6. The Morgan fingerprint density at radius 1 is 1.07 bits per heavy atom. The number of aromatic nitrogens is 2. The lowest BCUT2D eigenvalue weighted by molar-refractivity contribution is 0.0697. The maximum absolute atomic E-state index is 11.7. The molecule has 3 heterocycles. The number of rotatable bonds is 11. The van der Waals surface area contributed by atoms with Crippen LogP contribution in [0.2, 0.25) is 10.0 Å². The van der Waals surface area contributed by atoms with Gasteiger partial charge in [0, 0.05) is 23.4 Å². The Labute approximate surface area is 273 Å². The molecular weight excluding hydrogens is 617 g/mol. The van der Waals surface area contributed by atoms with Gasteiger partial charge in [0.1, 0.15) is 18.2 Å². The van der Waals surface area contributed by atoms with E-state index in [1.807, 2.05) is 6.07 Å². The molecule has 7 nitrogen and oxygen atoms in total. The number of nitrogens with zero attached hydrogens (tertiary/aromatic N) is 3. The lowest BCUT2D eigenvalue weighted by Gasteiger charge is -2.32. The van der Waals surface area contributed by atoms with Crippen molar-refractivity contribution in [1.29, 1.82) is 0 Å². The minimum atomic E-state index is -0.936. The van der Waals surface area contributed by atoms with E-state index in [1.54, 1.807) is 30.3 Å². The summed E-state index contributed by atoms with van der Waals surface area (Å²) in [6.45, 7) is 4.54. The summed E-state index contributed by atoms with van der Waals surface area (Å²) in [4.78, 5) is 19.1. The van der Waals surface area contributed by atoms with Crippen LogP contribution in [0.5, 0.6) is 5.75 Å². The number of thiol groups is 1. The highest BCUT2D eigenvalue weighted by atomic mass is 35.5. The molecule has 3 aromatic carbocycles. The predicted molar refractivity (Wildman–Crippen MR) is 177 cm³/mol. The molecule has 1 N–H and O–H groups in total. The lowest BCUT2D eigenvalue weighted by atomic mass is 9.89.